The van der Waals surface area contributed by atoms with Crippen LogP contribution in [-0.2, 0) is 4.74 Å². The molecule has 1 atom stereocenters. The summed E-state index contributed by atoms with van der Waals surface area (Å²) in [5.41, 5.74) is 0.636. The number of ether oxygens (including phenoxy) is 2. The third-order valence-corrected chi connectivity index (χ3v) is 3.55. The maximum atomic E-state index is 12.1. The van der Waals surface area contributed by atoms with Crippen LogP contribution in [-0.4, -0.2) is 48.2 Å². The number of likely N-dealkylation sites (tertiary alicyclic amines) is 1. The molecule has 0 aliphatic carbocycles. The molecule has 1 unspecified atom stereocenters. The van der Waals surface area contributed by atoms with E-state index >= 15 is 0 Å². The summed E-state index contributed by atoms with van der Waals surface area (Å²) in [5.74, 6) is 0.634. The summed E-state index contributed by atoms with van der Waals surface area (Å²) in [5, 5.41) is 0. The number of hydrogen-bond acceptors (Lipinski definition) is 4. The molecule has 2 aliphatic rings. The number of rotatable bonds is 3. The molecule has 2 aliphatic heterocycles. The fourth-order valence-corrected chi connectivity index (χ4v) is 2.46. The second kappa shape index (κ2) is 5.57. The van der Waals surface area contributed by atoms with Crippen LogP contribution in [0.15, 0.2) is 18.3 Å². The second-order valence-electron chi connectivity index (χ2n) is 4.99. The monoisotopic (exact) mass is 262 g/mol. The van der Waals surface area contributed by atoms with Crippen LogP contribution in [0.3, 0.4) is 0 Å². The summed E-state index contributed by atoms with van der Waals surface area (Å²) in [6.45, 7) is 3.08. The normalized spacial score (nSPS) is 22.7. The Bertz CT molecular complexity index is 435. The molecular formula is C14H18N2O3. The molecule has 1 amide bonds. The fraction of sp³-hybridized carbons (Fsp3) is 0.571. The van der Waals surface area contributed by atoms with Crippen LogP contribution in [0.25, 0.3) is 0 Å². The minimum Gasteiger partial charge on any atom is -0.472 e. The molecule has 5 nitrogen and oxygen atoms in total. The van der Waals surface area contributed by atoms with E-state index in [9.17, 15) is 4.79 Å². The van der Waals surface area contributed by atoms with Crippen LogP contribution in [0.1, 0.15) is 29.6 Å². The molecule has 2 fully saturated rings. The van der Waals surface area contributed by atoms with Gasteiger partial charge in [0, 0.05) is 31.8 Å². The number of aromatic nitrogens is 1. The van der Waals surface area contributed by atoms with Crippen molar-refractivity contribution in [1.29, 1.82) is 0 Å². The van der Waals surface area contributed by atoms with E-state index in [1.54, 1.807) is 18.3 Å². The lowest BCUT2D eigenvalue weighted by molar-refractivity contribution is 0.0792. The smallest absolute Gasteiger partial charge is 0.255 e. The van der Waals surface area contributed by atoms with E-state index in [0.29, 0.717) is 18.1 Å². The molecule has 0 spiro atoms. The largest absolute Gasteiger partial charge is 0.472 e. The average Bonchev–Trinajstić information content (AvgIpc) is 3.12. The van der Waals surface area contributed by atoms with Gasteiger partial charge in [-0.2, -0.15) is 0 Å². The van der Waals surface area contributed by atoms with Crippen LogP contribution >= 0.6 is 0 Å². The lowest BCUT2D eigenvalue weighted by atomic mass is 10.2. The summed E-state index contributed by atoms with van der Waals surface area (Å²) >= 11 is 0. The molecule has 1 aromatic heterocycles. The molecule has 0 aromatic carbocycles. The molecule has 2 saturated heterocycles. The molecule has 0 N–H and O–H groups in total. The summed E-state index contributed by atoms with van der Waals surface area (Å²) in [6.07, 6.45) is 4.79. The van der Waals surface area contributed by atoms with Crippen molar-refractivity contribution in [2.45, 2.75) is 25.4 Å². The highest BCUT2D eigenvalue weighted by Gasteiger charge is 2.21. The van der Waals surface area contributed by atoms with E-state index in [1.165, 1.54) is 0 Å². The second-order valence-corrected chi connectivity index (χ2v) is 4.99. The summed E-state index contributed by atoms with van der Waals surface area (Å²) in [6, 6.07) is 3.56. The van der Waals surface area contributed by atoms with Gasteiger partial charge in [0.15, 0.2) is 0 Å². The Balaban J connectivity index is 1.62. The number of pyridine rings is 1. The van der Waals surface area contributed by atoms with Gasteiger partial charge in [-0.25, -0.2) is 4.98 Å². The van der Waals surface area contributed by atoms with Gasteiger partial charge in [-0.15, -0.1) is 0 Å². The Morgan fingerprint density at radius 3 is 2.84 bits per heavy atom. The van der Waals surface area contributed by atoms with Gasteiger partial charge < -0.3 is 14.4 Å². The molecular weight excluding hydrogens is 244 g/mol. The zero-order chi connectivity index (χ0) is 13.1. The maximum Gasteiger partial charge on any atom is 0.255 e. The Morgan fingerprint density at radius 2 is 2.21 bits per heavy atom. The van der Waals surface area contributed by atoms with Crippen LogP contribution in [0, 0.1) is 0 Å². The number of carbonyl (C=O) groups excluding carboxylic acids is 1. The molecule has 0 radical (unpaired) electrons. The summed E-state index contributed by atoms with van der Waals surface area (Å²) < 4.78 is 10.9. The van der Waals surface area contributed by atoms with Gasteiger partial charge in [0.25, 0.3) is 5.91 Å². The van der Waals surface area contributed by atoms with Gasteiger partial charge in [0.05, 0.1) is 18.8 Å². The number of hydrogen-bond donors (Lipinski definition) is 0. The summed E-state index contributed by atoms with van der Waals surface area (Å²) in [4.78, 5) is 18.2. The minimum atomic E-state index is 0.0701. The van der Waals surface area contributed by atoms with Crippen molar-refractivity contribution in [1.82, 2.24) is 9.88 Å². The van der Waals surface area contributed by atoms with Crippen LogP contribution in [0.4, 0.5) is 0 Å². The zero-order valence-electron chi connectivity index (χ0n) is 10.9. The molecule has 0 saturated carbocycles. The van der Waals surface area contributed by atoms with Crippen molar-refractivity contribution in [3.63, 3.8) is 0 Å². The van der Waals surface area contributed by atoms with Crippen LogP contribution in [0.2, 0.25) is 0 Å². The van der Waals surface area contributed by atoms with Crippen molar-refractivity contribution in [2.24, 2.45) is 0 Å². The van der Waals surface area contributed by atoms with E-state index in [0.717, 1.165) is 39.0 Å². The minimum absolute atomic E-state index is 0.0701. The lowest BCUT2D eigenvalue weighted by Crippen LogP contribution is -2.27. The Hall–Kier alpha value is -1.62. The molecule has 19 heavy (non-hydrogen) atoms. The van der Waals surface area contributed by atoms with Crippen molar-refractivity contribution in [3.8, 4) is 5.88 Å². The molecule has 5 heteroatoms. The lowest BCUT2D eigenvalue weighted by Gasteiger charge is -2.15. The standard InChI is InChI=1S/C14H18N2O3/c17-14(16-6-1-2-7-16)11-3-4-13(15-9-11)19-12-5-8-18-10-12/h3-4,9,12H,1-2,5-8,10H2. The Kier molecular flexibility index (Phi) is 3.64. The summed E-state index contributed by atoms with van der Waals surface area (Å²) in [7, 11) is 0. The predicted octanol–water partition coefficient (Wildman–Crippen LogP) is 1.49. The fourth-order valence-electron chi connectivity index (χ4n) is 2.46. The SMILES string of the molecule is O=C(c1ccc(OC2CCOC2)nc1)N1CCCC1. The topological polar surface area (TPSA) is 51.7 Å². The van der Waals surface area contributed by atoms with Crippen LogP contribution in [0.5, 0.6) is 5.88 Å². The van der Waals surface area contributed by atoms with Gasteiger partial charge in [-0.05, 0) is 18.9 Å². The van der Waals surface area contributed by atoms with Crippen molar-refractivity contribution >= 4 is 5.91 Å². The van der Waals surface area contributed by atoms with Gasteiger partial charge >= 0.3 is 0 Å². The zero-order valence-corrected chi connectivity index (χ0v) is 10.9. The molecule has 0 bridgehead atoms. The van der Waals surface area contributed by atoms with Crippen molar-refractivity contribution in [3.05, 3.63) is 23.9 Å². The first-order valence-electron chi connectivity index (χ1n) is 6.83. The third-order valence-electron chi connectivity index (χ3n) is 3.55. The third kappa shape index (κ3) is 2.87. The van der Waals surface area contributed by atoms with Gasteiger partial charge in [-0.3, -0.25) is 4.79 Å². The molecule has 102 valence electrons. The molecule has 3 rings (SSSR count). The highest BCUT2D eigenvalue weighted by molar-refractivity contribution is 5.94. The van der Waals surface area contributed by atoms with E-state index < -0.39 is 0 Å². The van der Waals surface area contributed by atoms with Crippen molar-refractivity contribution in [2.75, 3.05) is 26.3 Å². The van der Waals surface area contributed by atoms with Gasteiger partial charge in [0.2, 0.25) is 5.88 Å². The van der Waals surface area contributed by atoms with Gasteiger partial charge in [-0.1, -0.05) is 0 Å². The first-order chi connectivity index (χ1) is 9.33. The molecule has 3 heterocycles. The van der Waals surface area contributed by atoms with E-state index in [-0.39, 0.29) is 12.0 Å². The first-order valence-corrected chi connectivity index (χ1v) is 6.83. The Morgan fingerprint density at radius 1 is 1.37 bits per heavy atom. The van der Waals surface area contributed by atoms with E-state index in [1.807, 2.05) is 4.90 Å². The van der Waals surface area contributed by atoms with Crippen LogP contribution < -0.4 is 4.74 Å². The first kappa shape index (κ1) is 12.4. The van der Waals surface area contributed by atoms with Crippen molar-refractivity contribution < 1.29 is 14.3 Å². The maximum absolute atomic E-state index is 12.1. The number of amides is 1. The van der Waals surface area contributed by atoms with E-state index in [4.69, 9.17) is 9.47 Å². The van der Waals surface area contributed by atoms with Gasteiger partial charge in [0.1, 0.15) is 6.10 Å². The predicted molar refractivity (Wildman–Crippen MR) is 69.2 cm³/mol. The highest BCUT2D eigenvalue weighted by Crippen LogP contribution is 2.17. The number of carbonyl (C=O) groups is 1. The van der Waals surface area contributed by atoms with E-state index in [2.05, 4.69) is 4.98 Å². The highest BCUT2D eigenvalue weighted by atomic mass is 16.5. The quantitative estimate of drug-likeness (QED) is 0.828. The molecule has 1 aromatic rings. The Labute approximate surface area is 112 Å². The average molecular weight is 262 g/mol. The number of nitrogens with zero attached hydrogens (tertiary/aromatic N) is 2.